The summed E-state index contributed by atoms with van der Waals surface area (Å²) in [5, 5.41) is 11.3. The molecule has 0 aromatic carbocycles. The SMILES string of the molecule is CCc1ccsc1C(C)O. The van der Waals surface area contributed by atoms with Crippen LogP contribution in [0.5, 0.6) is 0 Å². The van der Waals surface area contributed by atoms with Crippen molar-refractivity contribution >= 4 is 11.3 Å². The van der Waals surface area contributed by atoms with Gasteiger partial charge in [-0.15, -0.1) is 11.3 Å². The second kappa shape index (κ2) is 3.17. The molecule has 0 aliphatic rings. The first-order valence-electron chi connectivity index (χ1n) is 3.50. The molecule has 0 spiro atoms. The number of aliphatic hydroxyl groups excluding tert-OH is 1. The van der Waals surface area contributed by atoms with Gasteiger partial charge in [0.1, 0.15) is 0 Å². The topological polar surface area (TPSA) is 20.2 Å². The summed E-state index contributed by atoms with van der Waals surface area (Å²) in [7, 11) is 0. The van der Waals surface area contributed by atoms with Gasteiger partial charge in [0.25, 0.3) is 0 Å². The standard InChI is InChI=1S/C8H12OS/c1-3-7-4-5-10-8(7)6(2)9/h4-6,9H,3H2,1-2H3. The van der Waals surface area contributed by atoms with Gasteiger partial charge in [0, 0.05) is 4.88 Å². The normalized spacial score (nSPS) is 13.5. The van der Waals surface area contributed by atoms with E-state index in [4.69, 9.17) is 0 Å². The molecule has 1 rings (SSSR count). The largest absolute Gasteiger partial charge is 0.388 e. The molecule has 1 aromatic heterocycles. The van der Waals surface area contributed by atoms with Gasteiger partial charge in [-0.3, -0.25) is 0 Å². The number of hydrogen-bond donors (Lipinski definition) is 1. The number of aryl methyl sites for hydroxylation is 1. The monoisotopic (exact) mass is 156 g/mol. The van der Waals surface area contributed by atoms with Crippen LogP contribution in [-0.2, 0) is 6.42 Å². The van der Waals surface area contributed by atoms with E-state index in [1.807, 2.05) is 12.3 Å². The van der Waals surface area contributed by atoms with E-state index >= 15 is 0 Å². The predicted octanol–water partition coefficient (Wildman–Crippen LogP) is 2.36. The predicted molar refractivity (Wildman–Crippen MR) is 44.3 cm³/mol. The van der Waals surface area contributed by atoms with Crippen molar-refractivity contribution in [3.05, 3.63) is 21.9 Å². The number of aliphatic hydroxyl groups is 1. The maximum absolute atomic E-state index is 9.23. The Labute approximate surface area is 65.3 Å². The number of hydrogen-bond acceptors (Lipinski definition) is 2. The summed E-state index contributed by atoms with van der Waals surface area (Å²) in [6.45, 7) is 3.92. The van der Waals surface area contributed by atoms with Crippen molar-refractivity contribution in [3.63, 3.8) is 0 Å². The molecule has 56 valence electrons. The van der Waals surface area contributed by atoms with E-state index in [1.165, 1.54) is 5.56 Å². The Bertz CT molecular complexity index is 203. The van der Waals surface area contributed by atoms with E-state index in [9.17, 15) is 5.11 Å². The molecular weight excluding hydrogens is 144 g/mol. The molecule has 1 N–H and O–H groups in total. The smallest absolute Gasteiger partial charge is 0.0856 e. The van der Waals surface area contributed by atoms with Gasteiger partial charge in [0.15, 0.2) is 0 Å². The summed E-state index contributed by atoms with van der Waals surface area (Å²) in [6.07, 6.45) is 0.721. The van der Waals surface area contributed by atoms with Crippen LogP contribution < -0.4 is 0 Å². The quantitative estimate of drug-likeness (QED) is 0.697. The Balaban J connectivity index is 2.90. The Morgan fingerprint density at radius 2 is 2.40 bits per heavy atom. The molecule has 1 unspecified atom stereocenters. The summed E-state index contributed by atoms with van der Waals surface area (Å²) in [5.74, 6) is 0. The van der Waals surface area contributed by atoms with Crippen LogP contribution in [0.3, 0.4) is 0 Å². The third-order valence-corrected chi connectivity index (χ3v) is 2.67. The van der Waals surface area contributed by atoms with Gasteiger partial charge in [0.2, 0.25) is 0 Å². The van der Waals surface area contributed by atoms with Crippen LogP contribution in [0.15, 0.2) is 11.4 Å². The molecule has 1 atom stereocenters. The molecule has 1 aromatic rings. The highest BCUT2D eigenvalue weighted by Gasteiger charge is 2.06. The first kappa shape index (κ1) is 7.76. The fourth-order valence-electron chi connectivity index (χ4n) is 1.01. The van der Waals surface area contributed by atoms with Gasteiger partial charge >= 0.3 is 0 Å². The maximum atomic E-state index is 9.23. The highest BCUT2D eigenvalue weighted by atomic mass is 32.1. The number of thiophene rings is 1. The van der Waals surface area contributed by atoms with Crippen molar-refractivity contribution in [2.24, 2.45) is 0 Å². The molecule has 0 aliphatic heterocycles. The molecule has 0 saturated heterocycles. The lowest BCUT2D eigenvalue weighted by molar-refractivity contribution is 0.202. The molecule has 0 radical (unpaired) electrons. The molecule has 10 heavy (non-hydrogen) atoms. The van der Waals surface area contributed by atoms with Crippen LogP contribution in [0, 0.1) is 0 Å². The van der Waals surface area contributed by atoms with Crippen molar-refractivity contribution in [3.8, 4) is 0 Å². The zero-order valence-electron chi connectivity index (χ0n) is 6.29. The highest BCUT2D eigenvalue weighted by molar-refractivity contribution is 7.10. The molecule has 0 amide bonds. The van der Waals surface area contributed by atoms with Gasteiger partial charge < -0.3 is 5.11 Å². The average Bonchev–Trinajstić information content (AvgIpc) is 2.33. The van der Waals surface area contributed by atoms with Crippen LogP contribution in [0.2, 0.25) is 0 Å². The van der Waals surface area contributed by atoms with Gasteiger partial charge in [-0.2, -0.15) is 0 Å². The fraction of sp³-hybridized carbons (Fsp3) is 0.500. The maximum Gasteiger partial charge on any atom is 0.0856 e. The minimum absolute atomic E-state index is 0.296. The lowest BCUT2D eigenvalue weighted by Gasteiger charge is -2.02. The summed E-state index contributed by atoms with van der Waals surface area (Å²) in [6, 6.07) is 2.08. The van der Waals surface area contributed by atoms with Crippen molar-refractivity contribution in [2.45, 2.75) is 26.4 Å². The second-order valence-electron chi connectivity index (χ2n) is 2.34. The molecule has 1 heterocycles. The van der Waals surface area contributed by atoms with Crippen LogP contribution >= 0.6 is 11.3 Å². The molecule has 0 saturated carbocycles. The Morgan fingerprint density at radius 1 is 1.70 bits per heavy atom. The average molecular weight is 156 g/mol. The summed E-state index contributed by atoms with van der Waals surface area (Å²) in [4.78, 5) is 1.11. The van der Waals surface area contributed by atoms with E-state index in [0.717, 1.165) is 11.3 Å². The van der Waals surface area contributed by atoms with Gasteiger partial charge in [-0.05, 0) is 30.4 Å². The van der Waals surface area contributed by atoms with Crippen LogP contribution in [-0.4, -0.2) is 5.11 Å². The first-order valence-corrected chi connectivity index (χ1v) is 4.38. The van der Waals surface area contributed by atoms with Crippen LogP contribution in [0.25, 0.3) is 0 Å². The first-order chi connectivity index (χ1) is 4.75. The van der Waals surface area contributed by atoms with E-state index in [-0.39, 0.29) is 6.10 Å². The highest BCUT2D eigenvalue weighted by Crippen LogP contribution is 2.23. The minimum atomic E-state index is -0.296. The van der Waals surface area contributed by atoms with E-state index < -0.39 is 0 Å². The second-order valence-corrected chi connectivity index (χ2v) is 3.29. The summed E-state index contributed by atoms with van der Waals surface area (Å²) < 4.78 is 0. The van der Waals surface area contributed by atoms with E-state index in [2.05, 4.69) is 13.0 Å². The van der Waals surface area contributed by atoms with Crippen LogP contribution in [0.1, 0.15) is 30.4 Å². The minimum Gasteiger partial charge on any atom is -0.388 e. The van der Waals surface area contributed by atoms with Crippen molar-refractivity contribution in [2.75, 3.05) is 0 Å². The Morgan fingerprint density at radius 3 is 2.80 bits per heavy atom. The molecule has 2 heteroatoms. The zero-order valence-corrected chi connectivity index (χ0v) is 7.11. The van der Waals surface area contributed by atoms with Gasteiger partial charge in [-0.1, -0.05) is 6.92 Å². The lowest BCUT2D eigenvalue weighted by atomic mass is 10.1. The Hall–Kier alpha value is -0.340. The Kier molecular flexibility index (Phi) is 2.46. The van der Waals surface area contributed by atoms with Crippen molar-refractivity contribution in [1.82, 2.24) is 0 Å². The lowest BCUT2D eigenvalue weighted by Crippen LogP contribution is -1.90. The van der Waals surface area contributed by atoms with Gasteiger partial charge in [-0.25, -0.2) is 0 Å². The van der Waals surface area contributed by atoms with Crippen LogP contribution in [0.4, 0.5) is 0 Å². The molecule has 1 nitrogen and oxygen atoms in total. The fourth-order valence-corrected chi connectivity index (χ4v) is 1.95. The van der Waals surface area contributed by atoms with Gasteiger partial charge in [0.05, 0.1) is 6.10 Å². The third kappa shape index (κ3) is 1.39. The summed E-state index contributed by atoms with van der Waals surface area (Å²) in [5.41, 5.74) is 1.28. The molecule has 0 bridgehead atoms. The van der Waals surface area contributed by atoms with Crippen molar-refractivity contribution < 1.29 is 5.11 Å². The van der Waals surface area contributed by atoms with E-state index in [0.29, 0.717) is 0 Å². The summed E-state index contributed by atoms with van der Waals surface area (Å²) >= 11 is 1.63. The molecule has 0 fully saturated rings. The molecule has 0 aliphatic carbocycles. The zero-order chi connectivity index (χ0) is 7.56. The number of rotatable bonds is 2. The van der Waals surface area contributed by atoms with Crippen molar-refractivity contribution in [1.29, 1.82) is 0 Å². The molecular formula is C8H12OS. The third-order valence-electron chi connectivity index (χ3n) is 1.54. The van der Waals surface area contributed by atoms with E-state index in [1.54, 1.807) is 11.3 Å².